The number of pyridine rings is 1. The van der Waals surface area contributed by atoms with Crippen LogP contribution in [0.1, 0.15) is 45.1 Å². The number of hydrogen-bond donors (Lipinski definition) is 1. The number of anilines is 1. The average molecular weight is 218 g/mol. The summed E-state index contributed by atoms with van der Waals surface area (Å²) in [7, 11) is 0. The molecule has 1 aliphatic rings. The van der Waals surface area contributed by atoms with E-state index in [1.165, 1.54) is 31.2 Å². The lowest BCUT2D eigenvalue weighted by molar-refractivity contribution is 0.232. The lowest BCUT2D eigenvalue weighted by Crippen LogP contribution is -2.30. The van der Waals surface area contributed by atoms with Crippen molar-refractivity contribution in [1.82, 2.24) is 4.98 Å². The fourth-order valence-electron chi connectivity index (χ4n) is 2.37. The van der Waals surface area contributed by atoms with E-state index in [4.69, 9.17) is 0 Å². The summed E-state index contributed by atoms with van der Waals surface area (Å²) in [5.41, 5.74) is 1.78. The van der Waals surface area contributed by atoms with Crippen molar-refractivity contribution in [2.75, 3.05) is 5.32 Å². The van der Waals surface area contributed by atoms with E-state index >= 15 is 0 Å². The Labute approximate surface area is 98.5 Å². The van der Waals surface area contributed by atoms with Gasteiger partial charge in [0.25, 0.3) is 0 Å². The van der Waals surface area contributed by atoms with Crippen molar-refractivity contribution in [1.29, 1.82) is 0 Å². The van der Waals surface area contributed by atoms with Crippen LogP contribution in [0, 0.1) is 12.3 Å². The zero-order chi connectivity index (χ0) is 11.6. The van der Waals surface area contributed by atoms with Gasteiger partial charge < -0.3 is 5.32 Å². The number of aromatic nitrogens is 1. The van der Waals surface area contributed by atoms with Crippen molar-refractivity contribution in [3.8, 4) is 0 Å². The Morgan fingerprint density at radius 3 is 2.62 bits per heavy atom. The average Bonchev–Trinajstić information content (AvgIpc) is 2.24. The molecule has 0 aromatic carbocycles. The minimum Gasteiger partial charge on any atom is -0.367 e. The van der Waals surface area contributed by atoms with Crippen LogP contribution >= 0.6 is 0 Å². The molecule has 16 heavy (non-hydrogen) atoms. The van der Waals surface area contributed by atoms with Gasteiger partial charge in [-0.3, -0.25) is 0 Å². The molecule has 2 nitrogen and oxygen atoms in total. The molecule has 2 rings (SSSR count). The van der Waals surface area contributed by atoms with E-state index in [0.29, 0.717) is 11.5 Å². The highest BCUT2D eigenvalue weighted by Gasteiger charge is 2.26. The van der Waals surface area contributed by atoms with Gasteiger partial charge in [0, 0.05) is 12.2 Å². The first-order valence-electron chi connectivity index (χ1n) is 6.25. The summed E-state index contributed by atoms with van der Waals surface area (Å²) in [6, 6.07) is 4.72. The largest absolute Gasteiger partial charge is 0.367 e. The van der Waals surface area contributed by atoms with Gasteiger partial charge >= 0.3 is 0 Å². The minimum absolute atomic E-state index is 0.539. The number of aryl methyl sites for hydroxylation is 1. The fraction of sp³-hybridized carbons (Fsp3) is 0.643. The Balaban J connectivity index is 1.95. The van der Waals surface area contributed by atoms with Crippen molar-refractivity contribution in [2.24, 2.45) is 5.41 Å². The zero-order valence-electron chi connectivity index (χ0n) is 10.6. The summed E-state index contributed by atoms with van der Waals surface area (Å²) in [5, 5.41) is 3.58. The number of hydrogen-bond acceptors (Lipinski definition) is 2. The second-order valence-corrected chi connectivity index (χ2v) is 5.75. The van der Waals surface area contributed by atoms with Crippen LogP contribution in [0.25, 0.3) is 0 Å². The molecule has 0 saturated heterocycles. The van der Waals surface area contributed by atoms with Crippen molar-refractivity contribution in [3.05, 3.63) is 23.9 Å². The Morgan fingerprint density at radius 1 is 1.31 bits per heavy atom. The molecule has 0 atom stereocenters. The van der Waals surface area contributed by atoms with Gasteiger partial charge in [-0.25, -0.2) is 4.98 Å². The maximum Gasteiger partial charge on any atom is 0.129 e. The van der Waals surface area contributed by atoms with E-state index in [0.717, 1.165) is 5.82 Å². The second-order valence-electron chi connectivity index (χ2n) is 5.75. The molecule has 1 saturated carbocycles. The summed E-state index contributed by atoms with van der Waals surface area (Å²) in [5.74, 6) is 1.06. The van der Waals surface area contributed by atoms with E-state index < -0.39 is 0 Å². The Kier molecular flexibility index (Phi) is 3.17. The monoisotopic (exact) mass is 218 g/mol. The second kappa shape index (κ2) is 4.44. The first kappa shape index (κ1) is 11.4. The third kappa shape index (κ3) is 2.75. The summed E-state index contributed by atoms with van der Waals surface area (Å²) < 4.78 is 0. The highest BCUT2D eigenvalue weighted by molar-refractivity contribution is 5.43. The fourth-order valence-corrected chi connectivity index (χ4v) is 2.37. The van der Waals surface area contributed by atoms with Crippen LogP contribution in [-0.4, -0.2) is 11.0 Å². The van der Waals surface area contributed by atoms with E-state index in [1.807, 2.05) is 12.3 Å². The van der Waals surface area contributed by atoms with Gasteiger partial charge in [0.15, 0.2) is 0 Å². The van der Waals surface area contributed by atoms with E-state index in [2.05, 4.69) is 37.1 Å². The molecular formula is C14H22N2. The van der Waals surface area contributed by atoms with Gasteiger partial charge in [-0.1, -0.05) is 19.9 Å². The molecule has 1 heterocycles. The Hall–Kier alpha value is -1.05. The molecule has 2 heteroatoms. The highest BCUT2D eigenvalue weighted by atomic mass is 15.0. The molecule has 1 N–H and O–H groups in total. The Morgan fingerprint density at radius 2 is 2.00 bits per heavy atom. The molecule has 0 unspecified atom stereocenters. The number of rotatable bonds is 2. The van der Waals surface area contributed by atoms with Crippen molar-refractivity contribution >= 4 is 5.82 Å². The van der Waals surface area contributed by atoms with E-state index in [-0.39, 0.29) is 0 Å². The quantitative estimate of drug-likeness (QED) is 0.817. The molecule has 1 aromatic heterocycles. The van der Waals surface area contributed by atoms with Crippen molar-refractivity contribution in [2.45, 2.75) is 52.5 Å². The molecule has 0 spiro atoms. The van der Waals surface area contributed by atoms with Crippen molar-refractivity contribution < 1.29 is 0 Å². The van der Waals surface area contributed by atoms with Gasteiger partial charge in [0.05, 0.1) is 0 Å². The molecule has 1 fully saturated rings. The summed E-state index contributed by atoms with van der Waals surface area (Å²) >= 11 is 0. The van der Waals surface area contributed by atoms with Crippen LogP contribution in [0.3, 0.4) is 0 Å². The van der Waals surface area contributed by atoms with Crippen molar-refractivity contribution in [3.63, 3.8) is 0 Å². The van der Waals surface area contributed by atoms with Gasteiger partial charge in [-0.15, -0.1) is 0 Å². The first-order chi connectivity index (χ1) is 7.57. The third-order valence-electron chi connectivity index (χ3n) is 3.69. The minimum atomic E-state index is 0.539. The maximum atomic E-state index is 4.40. The van der Waals surface area contributed by atoms with Crippen LogP contribution in [0.15, 0.2) is 18.3 Å². The van der Waals surface area contributed by atoms with Gasteiger partial charge in [0.1, 0.15) is 5.82 Å². The molecule has 0 amide bonds. The van der Waals surface area contributed by atoms with Crippen LogP contribution in [0.5, 0.6) is 0 Å². The standard InChI is InChI=1S/C14H22N2/c1-11-5-4-10-15-13(11)16-12-6-8-14(2,3)9-7-12/h4-5,10,12H,6-9H2,1-3H3,(H,15,16). The normalized spacial score (nSPS) is 20.7. The van der Waals surface area contributed by atoms with E-state index in [1.54, 1.807) is 0 Å². The molecule has 0 bridgehead atoms. The molecular weight excluding hydrogens is 196 g/mol. The van der Waals surface area contributed by atoms with Crippen LogP contribution in [0.4, 0.5) is 5.82 Å². The number of nitrogens with zero attached hydrogens (tertiary/aromatic N) is 1. The lowest BCUT2D eigenvalue weighted by atomic mass is 9.75. The van der Waals surface area contributed by atoms with Gasteiger partial charge in [-0.2, -0.15) is 0 Å². The number of nitrogens with one attached hydrogen (secondary N) is 1. The Bertz CT molecular complexity index is 348. The molecule has 1 aromatic rings. The summed E-state index contributed by atoms with van der Waals surface area (Å²) in [4.78, 5) is 4.40. The highest BCUT2D eigenvalue weighted by Crippen LogP contribution is 2.36. The molecule has 88 valence electrons. The predicted molar refractivity (Wildman–Crippen MR) is 68.6 cm³/mol. The summed E-state index contributed by atoms with van der Waals surface area (Å²) in [6.07, 6.45) is 7.03. The maximum absolute atomic E-state index is 4.40. The molecule has 1 aliphatic carbocycles. The van der Waals surface area contributed by atoms with Gasteiger partial charge in [0.2, 0.25) is 0 Å². The molecule has 0 radical (unpaired) electrons. The molecule has 0 aliphatic heterocycles. The smallest absolute Gasteiger partial charge is 0.129 e. The van der Waals surface area contributed by atoms with Crippen LogP contribution in [0.2, 0.25) is 0 Å². The predicted octanol–water partition coefficient (Wildman–Crippen LogP) is 3.77. The van der Waals surface area contributed by atoms with Crippen LogP contribution in [-0.2, 0) is 0 Å². The van der Waals surface area contributed by atoms with E-state index in [9.17, 15) is 0 Å². The first-order valence-corrected chi connectivity index (χ1v) is 6.25. The topological polar surface area (TPSA) is 24.9 Å². The lowest BCUT2D eigenvalue weighted by Gasteiger charge is -2.35. The van der Waals surface area contributed by atoms with Gasteiger partial charge in [-0.05, 0) is 49.7 Å². The SMILES string of the molecule is Cc1cccnc1NC1CCC(C)(C)CC1. The summed E-state index contributed by atoms with van der Waals surface area (Å²) in [6.45, 7) is 6.85. The third-order valence-corrected chi connectivity index (χ3v) is 3.69. The zero-order valence-corrected chi connectivity index (χ0v) is 10.6. The van der Waals surface area contributed by atoms with Crippen LogP contribution < -0.4 is 5.32 Å².